The molecule has 0 spiro atoms. The summed E-state index contributed by atoms with van der Waals surface area (Å²) in [7, 11) is 0. The maximum atomic E-state index is 11.2. The molecule has 1 aromatic carbocycles. The predicted octanol–water partition coefficient (Wildman–Crippen LogP) is 2.11. The van der Waals surface area contributed by atoms with Crippen LogP contribution in [0.4, 0.5) is 5.69 Å². The quantitative estimate of drug-likeness (QED) is 0.894. The highest BCUT2D eigenvalue weighted by molar-refractivity contribution is 9.10. The van der Waals surface area contributed by atoms with E-state index in [9.17, 15) is 4.79 Å². The molecule has 2 rings (SSSR count). The van der Waals surface area contributed by atoms with Gasteiger partial charge in [0.2, 0.25) is 5.91 Å². The molecular weight excluding hydrogens is 306 g/mol. The molecule has 5 heteroatoms. The van der Waals surface area contributed by atoms with E-state index in [1.165, 1.54) is 6.42 Å². The summed E-state index contributed by atoms with van der Waals surface area (Å²) in [6.45, 7) is 3.92. The monoisotopic (exact) mass is 325 g/mol. The van der Waals surface area contributed by atoms with Crippen molar-refractivity contribution in [1.82, 2.24) is 0 Å². The number of anilines is 1. The number of halogens is 1. The number of hydrogen-bond donors (Lipinski definition) is 2. The third-order valence-corrected chi connectivity index (χ3v) is 4.52. The molecule has 1 saturated heterocycles. The molecule has 0 radical (unpaired) electrons. The van der Waals surface area contributed by atoms with E-state index in [1.54, 1.807) is 6.07 Å². The van der Waals surface area contributed by atoms with Gasteiger partial charge >= 0.3 is 0 Å². The zero-order valence-corrected chi connectivity index (χ0v) is 12.7. The maximum Gasteiger partial charge on any atom is 0.249 e. The number of rotatable bonds is 3. The third kappa shape index (κ3) is 3.09. The Hall–Kier alpha value is -1.07. The molecule has 1 amide bonds. The Labute approximate surface area is 122 Å². The molecule has 4 N–H and O–H groups in total. The largest absolute Gasteiger partial charge is 0.368 e. The topological polar surface area (TPSA) is 72.3 Å². The van der Waals surface area contributed by atoms with Crippen molar-refractivity contribution in [2.75, 3.05) is 18.0 Å². The number of carbonyl (C=O) groups is 1. The van der Waals surface area contributed by atoms with Crippen LogP contribution in [0.15, 0.2) is 22.7 Å². The SMILES string of the molecule is CC1CCC(CN)CN1c1ccc(C(N)=O)c(Br)c1. The smallest absolute Gasteiger partial charge is 0.249 e. The summed E-state index contributed by atoms with van der Waals surface area (Å²) in [6.07, 6.45) is 2.34. The van der Waals surface area contributed by atoms with Crippen molar-refractivity contribution in [3.8, 4) is 0 Å². The highest BCUT2D eigenvalue weighted by atomic mass is 79.9. The molecule has 1 fully saturated rings. The minimum atomic E-state index is -0.412. The van der Waals surface area contributed by atoms with Gasteiger partial charge in [-0.2, -0.15) is 0 Å². The molecular formula is C14H20BrN3O. The Balaban J connectivity index is 2.25. The first-order chi connectivity index (χ1) is 9.02. The lowest BCUT2D eigenvalue weighted by atomic mass is 9.93. The molecule has 19 heavy (non-hydrogen) atoms. The summed E-state index contributed by atoms with van der Waals surface area (Å²) in [5, 5.41) is 0. The highest BCUT2D eigenvalue weighted by Crippen LogP contribution is 2.30. The number of primary amides is 1. The van der Waals surface area contributed by atoms with E-state index in [1.807, 2.05) is 12.1 Å². The minimum absolute atomic E-state index is 0.412. The summed E-state index contributed by atoms with van der Waals surface area (Å²) in [5.74, 6) is 0.135. The van der Waals surface area contributed by atoms with E-state index in [-0.39, 0.29) is 0 Å². The van der Waals surface area contributed by atoms with Gasteiger partial charge in [-0.15, -0.1) is 0 Å². The van der Waals surface area contributed by atoms with Gasteiger partial charge in [-0.3, -0.25) is 4.79 Å². The molecule has 0 aromatic heterocycles. The van der Waals surface area contributed by atoms with Gasteiger partial charge in [0, 0.05) is 22.7 Å². The van der Waals surface area contributed by atoms with Crippen molar-refractivity contribution in [3.05, 3.63) is 28.2 Å². The van der Waals surface area contributed by atoms with Crippen LogP contribution in [0.5, 0.6) is 0 Å². The number of nitrogens with zero attached hydrogens (tertiary/aromatic N) is 1. The van der Waals surface area contributed by atoms with Crippen LogP contribution >= 0.6 is 15.9 Å². The average Bonchev–Trinajstić information content (AvgIpc) is 2.38. The standard InChI is InChI=1S/C14H20BrN3O/c1-9-2-3-10(7-16)8-18(9)11-4-5-12(14(17)19)13(15)6-11/h4-6,9-10H,2-3,7-8,16H2,1H3,(H2,17,19). The second kappa shape index (κ2) is 5.92. The van der Waals surface area contributed by atoms with Crippen LogP contribution in [0.2, 0.25) is 0 Å². The Morgan fingerprint density at radius 2 is 2.21 bits per heavy atom. The second-order valence-corrected chi connectivity index (χ2v) is 6.06. The fraction of sp³-hybridized carbons (Fsp3) is 0.500. The summed E-state index contributed by atoms with van der Waals surface area (Å²) >= 11 is 3.41. The van der Waals surface area contributed by atoms with Crippen molar-refractivity contribution in [3.63, 3.8) is 0 Å². The molecule has 1 aliphatic heterocycles. The van der Waals surface area contributed by atoms with E-state index in [2.05, 4.69) is 27.8 Å². The maximum absolute atomic E-state index is 11.2. The van der Waals surface area contributed by atoms with Crippen molar-refractivity contribution in [2.45, 2.75) is 25.8 Å². The van der Waals surface area contributed by atoms with Crippen LogP contribution in [-0.2, 0) is 0 Å². The zero-order valence-electron chi connectivity index (χ0n) is 11.1. The van der Waals surface area contributed by atoms with E-state index >= 15 is 0 Å². The van der Waals surface area contributed by atoms with Crippen molar-refractivity contribution in [2.24, 2.45) is 17.4 Å². The lowest BCUT2D eigenvalue weighted by molar-refractivity contribution is 0.0999. The lowest BCUT2D eigenvalue weighted by Crippen LogP contribution is -2.44. The van der Waals surface area contributed by atoms with Crippen molar-refractivity contribution >= 4 is 27.5 Å². The first-order valence-corrected chi connectivity index (χ1v) is 7.38. The lowest BCUT2D eigenvalue weighted by Gasteiger charge is -2.39. The van der Waals surface area contributed by atoms with Gasteiger partial charge in [-0.1, -0.05) is 0 Å². The normalized spacial score (nSPS) is 23.4. The first kappa shape index (κ1) is 14.3. The van der Waals surface area contributed by atoms with Crippen LogP contribution in [-0.4, -0.2) is 25.0 Å². The van der Waals surface area contributed by atoms with E-state index in [0.29, 0.717) is 17.5 Å². The van der Waals surface area contributed by atoms with Crippen LogP contribution in [0, 0.1) is 5.92 Å². The van der Waals surface area contributed by atoms with E-state index < -0.39 is 5.91 Å². The Morgan fingerprint density at radius 1 is 1.47 bits per heavy atom. The molecule has 2 unspecified atom stereocenters. The summed E-state index contributed by atoms with van der Waals surface area (Å²) < 4.78 is 0.750. The van der Waals surface area contributed by atoms with Crippen LogP contribution in [0.3, 0.4) is 0 Å². The summed E-state index contributed by atoms with van der Waals surface area (Å²) in [5.41, 5.74) is 12.7. The average molecular weight is 326 g/mol. The fourth-order valence-electron chi connectivity index (χ4n) is 2.62. The van der Waals surface area contributed by atoms with Gasteiger partial charge in [-0.25, -0.2) is 0 Å². The molecule has 0 bridgehead atoms. The number of carbonyl (C=O) groups excluding carboxylic acids is 1. The number of piperidine rings is 1. The van der Waals surface area contributed by atoms with E-state index in [4.69, 9.17) is 11.5 Å². The second-order valence-electron chi connectivity index (χ2n) is 5.21. The molecule has 1 aliphatic rings. The molecule has 104 valence electrons. The van der Waals surface area contributed by atoms with Gasteiger partial charge in [0.1, 0.15) is 0 Å². The molecule has 0 saturated carbocycles. The number of hydrogen-bond acceptors (Lipinski definition) is 3. The zero-order chi connectivity index (χ0) is 14.0. The highest BCUT2D eigenvalue weighted by Gasteiger charge is 2.25. The van der Waals surface area contributed by atoms with E-state index in [0.717, 1.165) is 29.7 Å². The number of amides is 1. The first-order valence-electron chi connectivity index (χ1n) is 6.59. The van der Waals surface area contributed by atoms with Crippen LogP contribution < -0.4 is 16.4 Å². The van der Waals surface area contributed by atoms with Crippen LogP contribution in [0.1, 0.15) is 30.1 Å². The van der Waals surface area contributed by atoms with Gasteiger partial charge in [-0.05, 0) is 66.4 Å². The van der Waals surface area contributed by atoms with Gasteiger partial charge in [0.15, 0.2) is 0 Å². The molecule has 1 aromatic rings. The molecule has 4 nitrogen and oxygen atoms in total. The fourth-order valence-corrected chi connectivity index (χ4v) is 3.18. The van der Waals surface area contributed by atoms with Crippen LogP contribution in [0.25, 0.3) is 0 Å². The number of nitrogens with two attached hydrogens (primary N) is 2. The Morgan fingerprint density at radius 3 is 2.79 bits per heavy atom. The van der Waals surface area contributed by atoms with Gasteiger partial charge in [0.25, 0.3) is 0 Å². The summed E-state index contributed by atoms with van der Waals surface area (Å²) in [6, 6.07) is 6.20. The third-order valence-electron chi connectivity index (χ3n) is 3.86. The molecule has 1 heterocycles. The molecule has 0 aliphatic carbocycles. The van der Waals surface area contributed by atoms with Gasteiger partial charge < -0.3 is 16.4 Å². The summed E-state index contributed by atoms with van der Waals surface area (Å²) in [4.78, 5) is 13.6. The minimum Gasteiger partial charge on any atom is -0.368 e. The Kier molecular flexibility index (Phi) is 4.47. The predicted molar refractivity (Wildman–Crippen MR) is 81.2 cm³/mol. The Bertz CT molecular complexity index is 478. The van der Waals surface area contributed by atoms with Crippen molar-refractivity contribution in [1.29, 1.82) is 0 Å². The van der Waals surface area contributed by atoms with Gasteiger partial charge in [0.05, 0.1) is 5.56 Å². The molecule has 2 atom stereocenters. The van der Waals surface area contributed by atoms with Crippen molar-refractivity contribution < 1.29 is 4.79 Å². The number of benzene rings is 1.